The summed E-state index contributed by atoms with van der Waals surface area (Å²) < 4.78 is 13.7. The number of carbonyl (C=O) groups is 1. The molecule has 1 aromatic rings. The highest BCUT2D eigenvalue weighted by Gasteiger charge is 2.30. The Morgan fingerprint density at radius 2 is 2.38 bits per heavy atom. The zero-order valence-electron chi connectivity index (χ0n) is 8.11. The van der Waals surface area contributed by atoms with Gasteiger partial charge in [-0.3, -0.25) is 10.1 Å². The average molecular weight is 306 g/mol. The highest BCUT2D eigenvalue weighted by molar-refractivity contribution is 9.10. The maximum absolute atomic E-state index is 13.3. The summed E-state index contributed by atoms with van der Waals surface area (Å²) in [5, 5.41) is 11.6. The molecule has 0 aromatic heterocycles. The van der Waals surface area contributed by atoms with E-state index < -0.39 is 12.0 Å². The van der Waals surface area contributed by atoms with Gasteiger partial charge in [-0.2, -0.15) is 0 Å². The number of nitrogens with one attached hydrogen (secondary N) is 1. The molecule has 1 saturated heterocycles. The lowest BCUT2D eigenvalue weighted by atomic mass is 10.2. The smallest absolute Gasteiger partial charge is 0.321 e. The van der Waals surface area contributed by atoms with E-state index in [1.54, 1.807) is 12.1 Å². The average Bonchev–Trinajstić information content (AvgIpc) is 2.71. The van der Waals surface area contributed by atoms with Crippen LogP contribution in [0.4, 0.5) is 4.39 Å². The van der Waals surface area contributed by atoms with Gasteiger partial charge in [0.05, 0.1) is 9.85 Å². The molecule has 2 unspecified atom stereocenters. The Bertz CT molecular complexity index is 429. The number of rotatable bonds is 2. The second-order valence-corrected chi connectivity index (χ2v) is 5.44. The summed E-state index contributed by atoms with van der Waals surface area (Å²) in [5.41, 5.74) is 0.759. The minimum absolute atomic E-state index is 0.149. The van der Waals surface area contributed by atoms with Crippen molar-refractivity contribution in [3.05, 3.63) is 34.1 Å². The fourth-order valence-electron chi connectivity index (χ4n) is 1.48. The van der Waals surface area contributed by atoms with Crippen LogP contribution in [0.25, 0.3) is 0 Å². The Balaban J connectivity index is 2.14. The Labute approximate surface area is 105 Å². The normalized spacial score (nSPS) is 24.6. The van der Waals surface area contributed by atoms with Crippen molar-refractivity contribution < 1.29 is 14.3 Å². The molecule has 0 radical (unpaired) electrons. The van der Waals surface area contributed by atoms with Crippen molar-refractivity contribution in [2.24, 2.45) is 0 Å². The highest BCUT2D eigenvalue weighted by atomic mass is 79.9. The summed E-state index contributed by atoms with van der Waals surface area (Å²) in [5.74, 6) is -0.705. The maximum atomic E-state index is 13.3. The third kappa shape index (κ3) is 2.39. The third-order valence-electron chi connectivity index (χ3n) is 2.33. The maximum Gasteiger partial charge on any atom is 0.321 e. The molecule has 2 N–H and O–H groups in total. The molecular weight excluding hydrogens is 297 g/mol. The van der Waals surface area contributed by atoms with E-state index in [4.69, 9.17) is 5.11 Å². The first kappa shape index (κ1) is 11.9. The minimum Gasteiger partial charge on any atom is -0.480 e. The van der Waals surface area contributed by atoms with Crippen molar-refractivity contribution in [3.8, 4) is 0 Å². The van der Waals surface area contributed by atoms with Crippen LogP contribution in [0.3, 0.4) is 0 Å². The van der Waals surface area contributed by atoms with Crippen LogP contribution in [0.2, 0.25) is 0 Å². The van der Waals surface area contributed by atoms with Gasteiger partial charge >= 0.3 is 5.97 Å². The van der Waals surface area contributed by atoms with Gasteiger partial charge < -0.3 is 5.11 Å². The van der Waals surface area contributed by atoms with Gasteiger partial charge in [0.1, 0.15) is 11.9 Å². The zero-order valence-corrected chi connectivity index (χ0v) is 10.5. The van der Waals surface area contributed by atoms with Crippen LogP contribution >= 0.6 is 27.7 Å². The summed E-state index contributed by atoms with van der Waals surface area (Å²) in [7, 11) is 0. The Hall–Kier alpha value is -0.590. The molecular formula is C10H9BrFNO2S. The van der Waals surface area contributed by atoms with Crippen molar-refractivity contribution in [1.29, 1.82) is 0 Å². The van der Waals surface area contributed by atoms with Gasteiger partial charge in [0, 0.05) is 5.75 Å². The lowest BCUT2D eigenvalue weighted by Crippen LogP contribution is -2.33. The van der Waals surface area contributed by atoms with Crippen LogP contribution in [0.15, 0.2) is 22.7 Å². The van der Waals surface area contributed by atoms with E-state index >= 15 is 0 Å². The molecule has 0 bridgehead atoms. The van der Waals surface area contributed by atoms with Crippen molar-refractivity contribution in [2.75, 3.05) is 5.75 Å². The van der Waals surface area contributed by atoms with E-state index in [0.717, 1.165) is 5.56 Å². The van der Waals surface area contributed by atoms with Crippen LogP contribution in [0.5, 0.6) is 0 Å². The number of halogens is 2. The van der Waals surface area contributed by atoms with Gasteiger partial charge in [0.15, 0.2) is 0 Å². The highest BCUT2D eigenvalue weighted by Crippen LogP contribution is 2.34. The molecule has 0 spiro atoms. The van der Waals surface area contributed by atoms with Crippen molar-refractivity contribution in [2.45, 2.75) is 11.4 Å². The predicted octanol–water partition coefficient (Wildman–Crippen LogP) is 2.38. The Morgan fingerprint density at radius 3 is 2.94 bits per heavy atom. The molecule has 2 atom stereocenters. The number of thioether (sulfide) groups is 1. The summed E-state index contributed by atoms with van der Waals surface area (Å²) in [6.07, 6.45) is 0. The topological polar surface area (TPSA) is 49.3 Å². The van der Waals surface area contributed by atoms with Gasteiger partial charge in [0.25, 0.3) is 0 Å². The van der Waals surface area contributed by atoms with E-state index in [0.29, 0.717) is 10.2 Å². The van der Waals surface area contributed by atoms with Crippen LogP contribution in [0, 0.1) is 5.82 Å². The van der Waals surface area contributed by atoms with Gasteiger partial charge in [0.2, 0.25) is 0 Å². The second kappa shape index (κ2) is 4.73. The van der Waals surface area contributed by atoms with E-state index in [1.807, 2.05) is 0 Å². The molecule has 86 valence electrons. The molecule has 2 rings (SSSR count). The van der Waals surface area contributed by atoms with E-state index in [1.165, 1.54) is 17.8 Å². The minimum atomic E-state index is -0.868. The molecule has 1 aromatic carbocycles. The molecule has 16 heavy (non-hydrogen) atoms. The van der Waals surface area contributed by atoms with Crippen LogP contribution in [0.1, 0.15) is 10.9 Å². The lowest BCUT2D eigenvalue weighted by molar-refractivity contribution is -0.138. The Kier molecular flexibility index (Phi) is 3.51. The molecule has 0 saturated carbocycles. The SMILES string of the molecule is O=C(O)C1CSC(c2ccc(Br)c(F)c2)N1. The number of hydrogen-bond acceptors (Lipinski definition) is 3. The predicted molar refractivity (Wildman–Crippen MR) is 63.9 cm³/mol. The molecule has 1 heterocycles. The zero-order chi connectivity index (χ0) is 11.7. The molecule has 1 aliphatic rings. The number of benzene rings is 1. The molecule has 1 aliphatic heterocycles. The number of carboxylic acids is 1. The van der Waals surface area contributed by atoms with Crippen molar-refractivity contribution >= 4 is 33.7 Å². The first-order valence-electron chi connectivity index (χ1n) is 4.63. The largest absolute Gasteiger partial charge is 0.480 e. The number of aliphatic carboxylic acids is 1. The second-order valence-electron chi connectivity index (χ2n) is 3.44. The first-order chi connectivity index (χ1) is 7.58. The summed E-state index contributed by atoms with van der Waals surface area (Å²) in [6.45, 7) is 0. The fraction of sp³-hybridized carbons (Fsp3) is 0.300. The number of hydrogen-bond donors (Lipinski definition) is 2. The molecule has 0 amide bonds. The van der Waals surface area contributed by atoms with Gasteiger partial charge in [-0.05, 0) is 33.6 Å². The van der Waals surface area contributed by atoms with Crippen LogP contribution < -0.4 is 5.32 Å². The molecule has 3 nitrogen and oxygen atoms in total. The van der Waals surface area contributed by atoms with Gasteiger partial charge in [-0.1, -0.05) is 6.07 Å². The fourth-order valence-corrected chi connectivity index (χ4v) is 2.95. The molecule has 0 aliphatic carbocycles. The van der Waals surface area contributed by atoms with E-state index in [-0.39, 0.29) is 11.2 Å². The summed E-state index contributed by atoms with van der Waals surface area (Å²) in [4.78, 5) is 10.7. The van der Waals surface area contributed by atoms with Crippen LogP contribution in [-0.2, 0) is 4.79 Å². The number of carboxylic acid groups (broad SMARTS) is 1. The van der Waals surface area contributed by atoms with E-state index in [2.05, 4.69) is 21.2 Å². The monoisotopic (exact) mass is 305 g/mol. The van der Waals surface area contributed by atoms with E-state index in [9.17, 15) is 9.18 Å². The Morgan fingerprint density at radius 1 is 1.62 bits per heavy atom. The summed E-state index contributed by atoms with van der Waals surface area (Å²) in [6, 6.07) is 4.27. The third-order valence-corrected chi connectivity index (χ3v) is 4.24. The summed E-state index contributed by atoms with van der Waals surface area (Å²) >= 11 is 4.55. The van der Waals surface area contributed by atoms with Gasteiger partial charge in [-0.15, -0.1) is 11.8 Å². The van der Waals surface area contributed by atoms with Crippen molar-refractivity contribution in [3.63, 3.8) is 0 Å². The van der Waals surface area contributed by atoms with Gasteiger partial charge in [-0.25, -0.2) is 4.39 Å². The quantitative estimate of drug-likeness (QED) is 0.881. The lowest BCUT2D eigenvalue weighted by Gasteiger charge is -2.11. The molecule has 6 heteroatoms. The first-order valence-corrected chi connectivity index (χ1v) is 6.47. The van der Waals surface area contributed by atoms with Crippen molar-refractivity contribution in [1.82, 2.24) is 5.32 Å². The molecule has 1 fully saturated rings. The van der Waals surface area contributed by atoms with Crippen LogP contribution in [-0.4, -0.2) is 22.9 Å². The standard InChI is InChI=1S/C10H9BrFNO2S/c11-6-2-1-5(3-7(6)12)9-13-8(4-16-9)10(14)15/h1-3,8-9,13H,4H2,(H,14,15).